The number of benzene rings is 2. The molecule has 1 heterocycles. The molecule has 0 saturated carbocycles. The predicted molar refractivity (Wildman–Crippen MR) is 100.0 cm³/mol. The summed E-state index contributed by atoms with van der Waals surface area (Å²) in [6.07, 6.45) is -8.49. The van der Waals surface area contributed by atoms with E-state index in [0.29, 0.717) is 22.3 Å². The largest absolute Gasteiger partial charge is 0.394 e. The number of aryl methyl sites for hydroxylation is 1. The van der Waals surface area contributed by atoms with Crippen molar-refractivity contribution in [3.8, 4) is 11.1 Å². The van der Waals surface area contributed by atoms with Crippen LogP contribution in [-0.4, -0.2) is 62.7 Å². The van der Waals surface area contributed by atoms with Crippen molar-refractivity contribution < 1.29 is 39.1 Å². The number of hydrogen-bond acceptors (Lipinski definition) is 6. The number of rotatable bonds is 4. The Morgan fingerprint density at radius 1 is 0.931 bits per heavy atom. The monoisotopic (exact) mass is 410 g/mol. The highest BCUT2D eigenvalue weighted by Gasteiger charge is 2.46. The van der Waals surface area contributed by atoms with E-state index in [9.17, 15) is 34.3 Å². The minimum atomic E-state index is -1.60. The van der Waals surface area contributed by atoms with Crippen LogP contribution in [0.4, 0.5) is 8.78 Å². The van der Waals surface area contributed by atoms with E-state index in [0.717, 1.165) is 0 Å². The van der Waals surface area contributed by atoms with Crippen LogP contribution < -0.4 is 0 Å². The molecular formula is C21H24F2O6. The first-order valence-electron chi connectivity index (χ1n) is 9.20. The molecule has 6 nitrogen and oxygen atoms in total. The summed E-state index contributed by atoms with van der Waals surface area (Å²) in [5.41, 5.74) is 1.73. The van der Waals surface area contributed by atoms with E-state index >= 15 is 0 Å². The maximum absolute atomic E-state index is 13.9. The second kappa shape index (κ2) is 8.43. The van der Waals surface area contributed by atoms with Crippen LogP contribution in [0, 0.1) is 25.5 Å². The summed E-state index contributed by atoms with van der Waals surface area (Å²) in [5, 5.41) is 50.0. The molecule has 0 amide bonds. The molecule has 1 saturated heterocycles. The van der Waals surface area contributed by atoms with Crippen LogP contribution in [0.15, 0.2) is 30.3 Å². The van der Waals surface area contributed by atoms with Gasteiger partial charge in [0.15, 0.2) is 0 Å². The third-order valence-corrected chi connectivity index (χ3v) is 5.44. The van der Waals surface area contributed by atoms with Gasteiger partial charge in [-0.05, 0) is 48.2 Å². The first-order chi connectivity index (χ1) is 13.6. The zero-order valence-corrected chi connectivity index (χ0v) is 16.0. The average molecular weight is 410 g/mol. The quantitative estimate of drug-likeness (QED) is 0.517. The van der Waals surface area contributed by atoms with Gasteiger partial charge < -0.3 is 30.3 Å². The van der Waals surface area contributed by atoms with Gasteiger partial charge in [-0.1, -0.05) is 18.2 Å². The number of ether oxygens (including phenoxy) is 1. The molecular weight excluding hydrogens is 386 g/mol. The maximum Gasteiger partial charge on any atom is 0.129 e. The summed E-state index contributed by atoms with van der Waals surface area (Å²) >= 11 is 0. The lowest BCUT2D eigenvalue weighted by Gasteiger charge is -2.42. The number of hydrogen-bond donors (Lipinski definition) is 5. The first kappa shape index (κ1) is 21.8. The van der Waals surface area contributed by atoms with E-state index in [1.54, 1.807) is 19.1 Å². The van der Waals surface area contributed by atoms with Crippen molar-refractivity contribution in [1.82, 2.24) is 0 Å². The number of aliphatic hydroxyl groups is 5. The number of aliphatic hydroxyl groups excluding tert-OH is 5. The Kier molecular flexibility index (Phi) is 6.33. The molecule has 3 rings (SSSR count). The van der Waals surface area contributed by atoms with Crippen LogP contribution in [-0.2, 0) is 4.74 Å². The van der Waals surface area contributed by atoms with Gasteiger partial charge in [-0.15, -0.1) is 0 Å². The summed E-state index contributed by atoms with van der Waals surface area (Å²) < 4.78 is 33.1. The van der Waals surface area contributed by atoms with Gasteiger partial charge in [0.2, 0.25) is 0 Å². The summed E-state index contributed by atoms with van der Waals surface area (Å²) in [7, 11) is 0. The van der Waals surface area contributed by atoms with Gasteiger partial charge in [0.1, 0.15) is 48.3 Å². The van der Waals surface area contributed by atoms with E-state index in [1.807, 2.05) is 0 Å². The van der Waals surface area contributed by atoms with Gasteiger partial charge in [0.05, 0.1) is 6.61 Å². The van der Waals surface area contributed by atoms with Crippen LogP contribution in [0.2, 0.25) is 0 Å². The fourth-order valence-corrected chi connectivity index (χ4v) is 3.57. The van der Waals surface area contributed by atoms with Crippen LogP contribution in [0.5, 0.6) is 0 Å². The third kappa shape index (κ3) is 4.05. The molecule has 2 aromatic rings. The summed E-state index contributed by atoms with van der Waals surface area (Å²) in [6, 6.07) is 7.18. The van der Waals surface area contributed by atoms with E-state index in [2.05, 4.69) is 0 Å². The summed E-state index contributed by atoms with van der Waals surface area (Å²) in [5.74, 6) is -1.33. The normalized spacial score (nSPS) is 28.4. The Labute approximate surface area is 166 Å². The van der Waals surface area contributed by atoms with E-state index in [-0.39, 0.29) is 5.56 Å². The van der Waals surface area contributed by atoms with Crippen LogP contribution in [0.25, 0.3) is 11.1 Å². The van der Waals surface area contributed by atoms with Gasteiger partial charge >= 0.3 is 0 Å². The Morgan fingerprint density at radius 2 is 1.55 bits per heavy atom. The molecule has 158 valence electrons. The Morgan fingerprint density at radius 3 is 2.10 bits per heavy atom. The highest BCUT2D eigenvalue weighted by atomic mass is 19.1. The second-order valence-corrected chi connectivity index (χ2v) is 7.37. The van der Waals surface area contributed by atoms with Crippen LogP contribution in [0.1, 0.15) is 22.8 Å². The van der Waals surface area contributed by atoms with E-state index in [4.69, 9.17) is 4.74 Å². The van der Waals surface area contributed by atoms with Gasteiger partial charge in [-0.25, -0.2) is 8.78 Å². The van der Waals surface area contributed by atoms with Gasteiger partial charge in [-0.2, -0.15) is 0 Å². The van der Waals surface area contributed by atoms with Crippen molar-refractivity contribution in [3.05, 3.63) is 58.7 Å². The lowest BCUT2D eigenvalue weighted by atomic mass is 9.88. The molecule has 1 fully saturated rings. The van der Waals surface area contributed by atoms with Gasteiger partial charge in [0, 0.05) is 5.56 Å². The lowest BCUT2D eigenvalue weighted by molar-refractivity contribution is -0.250. The third-order valence-electron chi connectivity index (χ3n) is 5.44. The van der Waals surface area contributed by atoms with Crippen LogP contribution in [0.3, 0.4) is 0 Å². The van der Waals surface area contributed by atoms with Crippen molar-refractivity contribution in [2.45, 2.75) is 50.5 Å². The zero-order chi connectivity index (χ0) is 21.5. The fourth-order valence-electron chi connectivity index (χ4n) is 3.57. The van der Waals surface area contributed by atoms with Crippen molar-refractivity contribution >= 4 is 0 Å². The topological polar surface area (TPSA) is 110 Å². The Hall–Kier alpha value is -1.94. The van der Waals surface area contributed by atoms with E-state index in [1.165, 1.54) is 25.1 Å². The molecule has 5 N–H and O–H groups in total. The predicted octanol–water partition coefficient (Wildman–Crippen LogP) is 1.12. The molecule has 0 aromatic heterocycles. The van der Waals surface area contributed by atoms with Crippen molar-refractivity contribution in [3.63, 3.8) is 0 Å². The highest BCUT2D eigenvalue weighted by molar-refractivity contribution is 5.65. The molecule has 6 atom stereocenters. The van der Waals surface area contributed by atoms with Gasteiger partial charge in [0.25, 0.3) is 0 Å². The molecule has 0 aliphatic carbocycles. The number of halogens is 2. The van der Waals surface area contributed by atoms with Crippen molar-refractivity contribution in [1.29, 1.82) is 0 Å². The minimum absolute atomic E-state index is 0.0693. The van der Waals surface area contributed by atoms with Crippen molar-refractivity contribution in [2.75, 3.05) is 6.61 Å². The minimum Gasteiger partial charge on any atom is -0.394 e. The second-order valence-electron chi connectivity index (χ2n) is 7.37. The summed E-state index contributed by atoms with van der Waals surface area (Å²) in [6.45, 7) is 2.42. The smallest absolute Gasteiger partial charge is 0.129 e. The molecule has 29 heavy (non-hydrogen) atoms. The molecule has 1 aliphatic rings. The van der Waals surface area contributed by atoms with Gasteiger partial charge in [-0.3, -0.25) is 0 Å². The standard InChI is InChI=1S/C21H24F2O6/c1-9-5-11(12-6-14(22)10(2)15(23)7-12)3-4-13(9)17(25)21-20(28)19(27)18(26)16(8-24)29-21/h3-7,16-21,24-28H,8H2,1-2H3/t16?,17-,18-,19?,20?,21-/m1/s1. The Bertz CT molecular complexity index is 864. The molecule has 0 spiro atoms. The SMILES string of the molecule is Cc1cc(-c2cc(F)c(C)c(F)c2)ccc1[C@@H](O)[C@H]1OC(CO)[C@@H](O)C(O)C1O. The molecule has 0 radical (unpaired) electrons. The Balaban J connectivity index is 1.90. The molecule has 8 heteroatoms. The highest BCUT2D eigenvalue weighted by Crippen LogP contribution is 2.33. The summed E-state index contributed by atoms with van der Waals surface area (Å²) in [4.78, 5) is 0. The van der Waals surface area contributed by atoms with E-state index < -0.39 is 54.9 Å². The van der Waals surface area contributed by atoms with Crippen LogP contribution >= 0.6 is 0 Å². The molecule has 1 aliphatic heterocycles. The fraction of sp³-hybridized carbons (Fsp3) is 0.429. The average Bonchev–Trinajstić information content (AvgIpc) is 2.69. The zero-order valence-electron chi connectivity index (χ0n) is 16.0. The maximum atomic E-state index is 13.9. The molecule has 2 aromatic carbocycles. The van der Waals surface area contributed by atoms with Crippen molar-refractivity contribution in [2.24, 2.45) is 0 Å². The molecule has 0 bridgehead atoms. The first-order valence-corrected chi connectivity index (χ1v) is 9.20. The lowest BCUT2D eigenvalue weighted by Crippen LogP contribution is -2.59. The molecule has 3 unspecified atom stereocenters.